The lowest BCUT2D eigenvalue weighted by molar-refractivity contribution is -0.184. The van der Waals surface area contributed by atoms with E-state index >= 15 is 0 Å². The van der Waals surface area contributed by atoms with Gasteiger partial charge in [0.15, 0.2) is 0 Å². The van der Waals surface area contributed by atoms with Crippen LogP contribution in [0.15, 0.2) is 24.3 Å². The number of amides is 2. The van der Waals surface area contributed by atoms with Crippen molar-refractivity contribution in [3.05, 3.63) is 29.8 Å². The molecule has 2 aliphatic rings. The second kappa shape index (κ2) is 6.90. The fourth-order valence-electron chi connectivity index (χ4n) is 4.26. The summed E-state index contributed by atoms with van der Waals surface area (Å²) in [7, 11) is 1.09. The molecule has 3 N–H and O–H groups in total. The molecule has 0 saturated heterocycles. The third kappa shape index (κ3) is 3.70. The number of nitrogens with two attached hydrogens (primary N) is 1. The first kappa shape index (κ1) is 18.7. The van der Waals surface area contributed by atoms with E-state index in [4.69, 9.17) is 5.73 Å². The summed E-state index contributed by atoms with van der Waals surface area (Å²) >= 11 is 0. The van der Waals surface area contributed by atoms with Crippen LogP contribution in [0.1, 0.15) is 24.8 Å². The number of hydrogen-bond acceptors (Lipinski definition) is 3. The van der Waals surface area contributed by atoms with Crippen LogP contribution in [0, 0.1) is 17.8 Å². The van der Waals surface area contributed by atoms with Gasteiger partial charge in [-0.2, -0.15) is 13.2 Å². The normalized spacial score (nSPS) is 27.4. The fourth-order valence-corrected chi connectivity index (χ4v) is 4.26. The molecule has 2 bridgehead atoms. The predicted molar refractivity (Wildman–Crippen MR) is 89.9 cm³/mol. The monoisotopic (exact) mass is 369 g/mol. The van der Waals surface area contributed by atoms with Gasteiger partial charge in [0.05, 0.1) is 5.92 Å². The van der Waals surface area contributed by atoms with Gasteiger partial charge in [0.2, 0.25) is 5.91 Å². The van der Waals surface area contributed by atoms with Crippen LogP contribution in [-0.4, -0.2) is 36.0 Å². The highest BCUT2D eigenvalue weighted by molar-refractivity contribution is 5.93. The third-order valence-electron chi connectivity index (χ3n) is 5.49. The first-order valence-electron chi connectivity index (χ1n) is 8.64. The molecule has 142 valence electrons. The van der Waals surface area contributed by atoms with E-state index in [9.17, 15) is 22.8 Å². The molecule has 8 heteroatoms. The van der Waals surface area contributed by atoms with E-state index in [-0.39, 0.29) is 24.4 Å². The maximum absolute atomic E-state index is 12.6. The Balaban J connectivity index is 1.64. The summed E-state index contributed by atoms with van der Waals surface area (Å²) in [6, 6.07) is 6.37. The van der Waals surface area contributed by atoms with Crippen molar-refractivity contribution in [2.24, 2.45) is 23.5 Å². The molecule has 1 aromatic carbocycles. The number of carbonyl (C=O) groups excluding carboxylic acids is 2. The summed E-state index contributed by atoms with van der Waals surface area (Å²) in [6.07, 6.45) is -1.83. The Morgan fingerprint density at radius 3 is 2.58 bits per heavy atom. The molecular weight excluding hydrogens is 347 g/mol. The number of hydrogen-bond donors (Lipinski definition) is 2. The third-order valence-corrected chi connectivity index (χ3v) is 5.49. The van der Waals surface area contributed by atoms with Gasteiger partial charge in [-0.3, -0.25) is 9.59 Å². The summed E-state index contributed by atoms with van der Waals surface area (Å²) in [6.45, 7) is -0.199. The standard InChI is InChI=1S/C18H22F3N3O2/c1-24(17(26)18(19,20)21)9-10-3-2-4-13(7-10)23-16(25)14-11-5-6-12(8-11)15(14)22/h2-4,7,11-12,14-15H,5-6,8-9,22H2,1H3,(H,23,25). The molecule has 2 aliphatic carbocycles. The minimum Gasteiger partial charge on any atom is -0.334 e. The molecule has 2 amide bonds. The Kier molecular flexibility index (Phi) is 4.96. The van der Waals surface area contributed by atoms with Crippen LogP contribution < -0.4 is 11.1 Å². The van der Waals surface area contributed by atoms with Crippen LogP contribution in [0.25, 0.3) is 0 Å². The van der Waals surface area contributed by atoms with E-state index in [0.29, 0.717) is 28.0 Å². The van der Waals surface area contributed by atoms with Crippen molar-refractivity contribution in [1.82, 2.24) is 4.90 Å². The molecule has 2 fully saturated rings. The average Bonchev–Trinajstić information content (AvgIpc) is 3.14. The van der Waals surface area contributed by atoms with E-state index in [1.54, 1.807) is 24.3 Å². The molecule has 1 aromatic rings. The summed E-state index contributed by atoms with van der Waals surface area (Å²) < 4.78 is 37.4. The van der Waals surface area contributed by atoms with E-state index in [0.717, 1.165) is 26.3 Å². The highest BCUT2D eigenvalue weighted by atomic mass is 19.4. The van der Waals surface area contributed by atoms with Gasteiger partial charge in [-0.1, -0.05) is 12.1 Å². The molecule has 0 spiro atoms. The SMILES string of the molecule is CN(Cc1cccc(NC(=O)C2C3CCC(C3)C2N)c1)C(=O)C(F)(F)F. The Bertz CT molecular complexity index is 705. The van der Waals surface area contributed by atoms with Crippen molar-refractivity contribution in [1.29, 1.82) is 0 Å². The molecular formula is C18H22F3N3O2. The van der Waals surface area contributed by atoms with Gasteiger partial charge < -0.3 is 16.0 Å². The molecule has 0 aliphatic heterocycles. The number of carbonyl (C=O) groups is 2. The van der Waals surface area contributed by atoms with Crippen molar-refractivity contribution in [2.75, 3.05) is 12.4 Å². The van der Waals surface area contributed by atoms with Gasteiger partial charge in [-0.05, 0) is 48.8 Å². The topological polar surface area (TPSA) is 75.4 Å². The van der Waals surface area contributed by atoms with Crippen LogP contribution in [0.3, 0.4) is 0 Å². The minimum atomic E-state index is -4.90. The number of fused-ring (bicyclic) bond motifs is 2. The summed E-state index contributed by atoms with van der Waals surface area (Å²) in [5.74, 6) is -1.54. The number of benzene rings is 1. The number of alkyl halides is 3. The van der Waals surface area contributed by atoms with Gasteiger partial charge >= 0.3 is 12.1 Å². The number of anilines is 1. The summed E-state index contributed by atoms with van der Waals surface area (Å²) in [4.78, 5) is 24.4. The maximum atomic E-state index is 12.6. The average molecular weight is 369 g/mol. The van der Waals surface area contributed by atoms with E-state index in [1.807, 2.05) is 0 Å². The molecule has 2 saturated carbocycles. The minimum absolute atomic E-state index is 0.132. The second-order valence-electron chi connectivity index (χ2n) is 7.28. The Morgan fingerprint density at radius 1 is 1.27 bits per heavy atom. The van der Waals surface area contributed by atoms with Crippen molar-refractivity contribution in [3.8, 4) is 0 Å². The lowest BCUT2D eigenvalue weighted by Crippen LogP contribution is -2.42. The van der Waals surface area contributed by atoms with Gasteiger partial charge in [-0.25, -0.2) is 0 Å². The lowest BCUT2D eigenvalue weighted by Gasteiger charge is -2.27. The summed E-state index contributed by atoms with van der Waals surface area (Å²) in [5.41, 5.74) is 7.17. The highest BCUT2D eigenvalue weighted by Crippen LogP contribution is 2.47. The molecule has 3 rings (SSSR count). The quantitative estimate of drug-likeness (QED) is 0.856. The van der Waals surface area contributed by atoms with Crippen LogP contribution in [0.5, 0.6) is 0 Å². The number of nitrogens with one attached hydrogen (secondary N) is 1. The van der Waals surface area contributed by atoms with E-state index < -0.39 is 12.1 Å². The zero-order valence-corrected chi connectivity index (χ0v) is 14.4. The van der Waals surface area contributed by atoms with Crippen molar-refractivity contribution in [2.45, 2.75) is 38.0 Å². The zero-order valence-electron chi connectivity index (χ0n) is 14.4. The fraction of sp³-hybridized carbons (Fsp3) is 0.556. The molecule has 0 heterocycles. The molecule has 4 unspecified atom stereocenters. The van der Waals surface area contributed by atoms with E-state index in [1.165, 1.54) is 0 Å². The maximum Gasteiger partial charge on any atom is 0.471 e. The van der Waals surface area contributed by atoms with Crippen molar-refractivity contribution >= 4 is 17.5 Å². The van der Waals surface area contributed by atoms with E-state index in [2.05, 4.69) is 5.32 Å². The van der Waals surface area contributed by atoms with Gasteiger partial charge in [0.25, 0.3) is 0 Å². The number of rotatable bonds is 4. The molecule has 0 aromatic heterocycles. The van der Waals surface area contributed by atoms with Gasteiger partial charge in [0.1, 0.15) is 0 Å². The van der Waals surface area contributed by atoms with Gasteiger partial charge in [0, 0.05) is 25.3 Å². The number of nitrogens with zero attached hydrogens (tertiary/aromatic N) is 1. The zero-order chi connectivity index (χ0) is 19.1. The Labute approximate surface area is 149 Å². The largest absolute Gasteiger partial charge is 0.471 e. The molecule has 0 radical (unpaired) electrons. The van der Waals surface area contributed by atoms with Crippen molar-refractivity contribution < 1.29 is 22.8 Å². The van der Waals surface area contributed by atoms with Crippen LogP contribution in [0.4, 0.5) is 18.9 Å². The molecule has 26 heavy (non-hydrogen) atoms. The highest BCUT2D eigenvalue weighted by Gasteiger charge is 2.49. The number of halogens is 3. The first-order chi connectivity index (χ1) is 12.2. The van der Waals surface area contributed by atoms with Crippen molar-refractivity contribution in [3.63, 3.8) is 0 Å². The summed E-state index contributed by atoms with van der Waals surface area (Å²) in [5, 5.41) is 2.83. The Morgan fingerprint density at radius 2 is 1.96 bits per heavy atom. The first-order valence-corrected chi connectivity index (χ1v) is 8.64. The second-order valence-corrected chi connectivity index (χ2v) is 7.28. The van der Waals surface area contributed by atoms with Gasteiger partial charge in [-0.15, -0.1) is 0 Å². The van der Waals surface area contributed by atoms with Crippen LogP contribution in [-0.2, 0) is 16.1 Å². The van der Waals surface area contributed by atoms with Crippen LogP contribution >= 0.6 is 0 Å². The molecule has 5 nitrogen and oxygen atoms in total. The van der Waals surface area contributed by atoms with Crippen LogP contribution in [0.2, 0.25) is 0 Å². The molecule has 4 atom stereocenters. The predicted octanol–water partition coefficient (Wildman–Crippen LogP) is 2.52. The Hall–Kier alpha value is -2.09. The lowest BCUT2D eigenvalue weighted by atomic mass is 9.84. The smallest absolute Gasteiger partial charge is 0.334 e.